The average Bonchev–Trinajstić information content (AvgIpc) is 2.86. The molecule has 0 aliphatic rings. The van der Waals surface area contributed by atoms with Gasteiger partial charge >= 0.3 is 0 Å². The van der Waals surface area contributed by atoms with Crippen molar-refractivity contribution >= 4 is 10.9 Å². The second kappa shape index (κ2) is 5.45. The summed E-state index contributed by atoms with van der Waals surface area (Å²) in [6.45, 7) is 5.10. The van der Waals surface area contributed by atoms with E-state index < -0.39 is 0 Å². The van der Waals surface area contributed by atoms with Gasteiger partial charge in [-0.2, -0.15) is 0 Å². The Balaban J connectivity index is 2.04. The van der Waals surface area contributed by atoms with Gasteiger partial charge in [-0.25, -0.2) is 4.98 Å². The highest BCUT2D eigenvalue weighted by Crippen LogP contribution is 2.19. The number of hydrogen-bond donors (Lipinski definition) is 0. The van der Waals surface area contributed by atoms with Crippen LogP contribution in [0.25, 0.3) is 10.9 Å². The molecule has 0 radical (unpaired) electrons. The van der Waals surface area contributed by atoms with Crippen molar-refractivity contribution in [2.45, 2.75) is 33.2 Å². The van der Waals surface area contributed by atoms with Crippen molar-refractivity contribution in [3.8, 4) is 0 Å². The van der Waals surface area contributed by atoms with Gasteiger partial charge in [-0.1, -0.05) is 25.1 Å². The summed E-state index contributed by atoms with van der Waals surface area (Å²) in [7, 11) is 0. The van der Waals surface area contributed by atoms with E-state index >= 15 is 0 Å². The fourth-order valence-corrected chi connectivity index (χ4v) is 2.64. The molecule has 0 bridgehead atoms. The maximum Gasteiger partial charge on any atom is 0.108 e. The zero-order valence-electron chi connectivity index (χ0n) is 12.0. The Morgan fingerprint density at radius 2 is 2.05 bits per heavy atom. The van der Waals surface area contributed by atoms with E-state index in [4.69, 9.17) is 0 Å². The third kappa shape index (κ3) is 2.44. The fraction of sp³-hybridized carbons (Fsp3) is 0.294. The minimum Gasteiger partial charge on any atom is -0.330 e. The molecule has 0 N–H and O–H groups in total. The molecule has 20 heavy (non-hydrogen) atoms. The number of fused-ring (bicyclic) bond motifs is 1. The Hall–Kier alpha value is -2.16. The van der Waals surface area contributed by atoms with Gasteiger partial charge in [0.05, 0.1) is 5.52 Å². The summed E-state index contributed by atoms with van der Waals surface area (Å²) in [6, 6.07) is 10.5. The van der Waals surface area contributed by atoms with Crippen LogP contribution < -0.4 is 0 Å². The fourth-order valence-electron chi connectivity index (χ4n) is 2.64. The lowest BCUT2D eigenvalue weighted by molar-refractivity contribution is 0.707. The van der Waals surface area contributed by atoms with E-state index in [-0.39, 0.29) is 0 Å². The number of benzene rings is 1. The minimum atomic E-state index is 0.860. The van der Waals surface area contributed by atoms with Gasteiger partial charge in [0, 0.05) is 36.4 Å². The van der Waals surface area contributed by atoms with Crippen molar-refractivity contribution in [2.24, 2.45) is 0 Å². The molecule has 0 spiro atoms. The molecule has 3 heteroatoms. The van der Waals surface area contributed by atoms with Crippen LogP contribution in [0.4, 0.5) is 0 Å². The SMILES string of the molecule is CCCc1nccn1Cc1cc(C)nc2ccccc12. The molecule has 0 saturated heterocycles. The van der Waals surface area contributed by atoms with Crippen LogP contribution in [0.2, 0.25) is 0 Å². The number of pyridine rings is 1. The second-order valence-corrected chi connectivity index (χ2v) is 5.16. The molecule has 3 rings (SSSR count). The van der Waals surface area contributed by atoms with Crippen LogP contribution in [0.1, 0.15) is 30.4 Å². The minimum absolute atomic E-state index is 0.860. The Labute approximate surface area is 119 Å². The average molecular weight is 265 g/mol. The first-order valence-electron chi connectivity index (χ1n) is 7.13. The summed E-state index contributed by atoms with van der Waals surface area (Å²) < 4.78 is 2.24. The molecule has 102 valence electrons. The Bertz CT molecular complexity index is 728. The van der Waals surface area contributed by atoms with Gasteiger partial charge in [-0.15, -0.1) is 0 Å². The van der Waals surface area contributed by atoms with E-state index in [9.17, 15) is 0 Å². The topological polar surface area (TPSA) is 30.7 Å². The molecule has 0 fully saturated rings. The summed E-state index contributed by atoms with van der Waals surface area (Å²) in [4.78, 5) is 9.05. The van der Waals surface area contributed by atoms with Gasteiger partial charge in [0.1, 0.15) is 5.82 Å². The molecular weight excluding hydrogens is 246 g/mol. The summed E-state index contributed by atoms with van der Waals surface area (Å²) in [6.07, 6.45) is 6.10. The lowest BCUT2D eigenvalue weighted by atomic mass is 10.1. The van der Waals surface area contributed by atoms with Gasteiger partial charge in [0.2, 0.25) is 0 Å². The molecule has 3 aromatic rings. The monoisotopic (exact) mass is 265 g/mol. The standard InChI is InChI=1S/C17H19N3/c1-3-6-17-18-9-10-20(17)12-14-11-13(2)19-16-8-5-4-7-15(14)16/h4-5,7-11H,3,6,12H2,1-2H3. The van der Waals surface area contributed by atoms with Gasteiger partial charge in [0.15, 0.2) is 0 Å². The maximum atomic E-state index is 4.60. The lowest BCUT2D eigenvalue weighted by Crippen LogP contribution is -2.05. The molecule has 0 aliphatic carbocycles. The molecule has 0 atom stereocenters. The Morgan fingerprint density at radius 1 is 1.20 bits per heavy atom. The normalized spacial score (nSPS) is 11.1. The maximum absolute atomic E-state index is 4.60. The van der Waals surface area contributed by atoms with Crippen LogP contribution in [0, 0.1) is 6.92 Å². The molecule has 1 aromatic carbocycles. The first-order chi connectivity index (χ1) is 9.78. The van der Waals surface area contributed by atoms with Crippen LogP contribution in [-0.4, -0.2) is 14.5 Å². The Morgan fingerprint density at radius 3 is 2.90 bits per heavy atom. The molecule has 3 nitrogen and oxygen atoms in total. The molecule has 0 aliphatic heterocycles. The molecule has 0 amide bonds. The second-order valence-electron chi connectivity index (χ2n) is 5.16. The lowest BCUT2D eigenvalue weighted by Gasteiger charge is -2.11. The summed E-state index contributed by atoms with van der Waals surface area (Å²) in [5.74, 6) is 1.16. The first kappa shape index (κ1) is 12.9. The number of rotatable bonds is 4. The molecule has 0 unspecified atom stereocenters. The van der Waals surface area contributed by atoms with E-state index in [1.807, 2.05) is 12.3 Å². The van der Waals surface area contributed by atoms with E-state index in [0.717, 1.165) is 36.4 Å². The van der Waals surface area contributed by atoms with Crippen LogP contribution in [0.5, 0.6) is 0 Å². The molecule has 2 aromatic heterocycles. The predicted octanol–water partition coefficient (Wildman–Crippen LogP) is 3.74. The van der Waals surface area contributed by atoms with Crippen LogP contribution in [0.15, 0.2) is 42.7 Å². The summed E-state index contributed by atoms with van der Waals surface area (Å²) >= 11 is 0. The summed E-state index contributed by atoms with van der Waals surface area (Å²) in [5, 5.41) is 1.23. The number of imidazole rings is 1. The number of aryl methyl sites for hydroxylation is 2. The highest BCUT2D eigenvalue weighted by Gasteiger charge is 2.07. The van der Waals surface area contributed by atoms with Crippen molar-refractivity contribution < 1.29 is 0 Å². The summed E-state index contributed by atoms with van der Waals surface area (Å²) in [5.41, 5.74) is 3.44. The zero-order chi connectivity index (χ0) is 13.9. The van der Waals surface area contributed by atoms with Crippen molar-refractivity contribution in [3.63, 3.8) is 0 Å². The van der Waals surface area contributed by atoms with E-state index in [1.165, 1.54) is 10.9 Å². The highest BCUT2D eigenvalue weighted by molar-refractivity contribution is 5.82. The van der Waals surface area contributed by atoms with Crippen LogP contribution >= 0.6 is 0 Å². The largest absolute Gasteiger partial charge is 0.330 e. The molecular formula is C17H19N3. The van der Waals surface area contributed by atoms with E-state index in [1.54, 1.807) is 0 Å². The van der Waals surface area contributed by atoms with E-state index in [0.29, 0.717) is 0 Å². The van der Waals surface area contributed by atoms with Crippen LogP contribution in [0.3, 0.4) is 0 Å². The number of nitrogens with zero attached hydrogens (tertiary/aromatic N) is 3. The third-order valence-corrected chi connectivity index (χ3v) is 3.55. The van der Waals surface area contributed by atoms with Gasteiger partial charge in [0.25, 0.3) is 0 Å². The molecule has 0 saturated carbocycles. The predicted molar refractivity (Wildman–Crippen MR) is 81.8 cm³/mol. The van der Waals surface area contributed by atoms with E-state index in [2.05, 4.69) is 58.8 Å². The zero-order valence-corrected chi connectivity index (χ0v) is 12.0. The van der Waals surface area contributed by atoms with Gasteiger partial charge in [-0.05, 0) is 31.0 Å². The smallest absolute Gasteiger partial charge is 0.108 e. The van der Waals surface area contributed by atoms with Crippen LogP contribution in [-0.2, 0) is 13.0 Å². The Kier molecular flexibility index (Phi) is 3.50. The van der Waals surface area contributed by atoms with Gasteiger partial charge in [-0.3, -0.25) is 4.98 Å². The van der Waals surface area contributed by atoms with Crippen molar-refractivity contribution in [1.82, 2.24) is 14.5 Å². The van der Waals surface area contributed by atoms with Crippen molar-refractivity contribution in [2.75, 3.05) is 0 Å². The molecule has 2 heterocycles. The van der Waals surface area contributed by atoms with Crippen molar-refractivity contribution in [3.05, 3.63) is 59.8 Å². The third-order valence-electron chi connectivity index (χ3n) is 3.55. The quantitative estimate of drug-likeness (QED) is 0.719. The number of para-hydroxylation sites is 1. The first-order valence-corrected chi connectivity index (χ1v) is 7.13. The number of aromatic nitrogens is 3. The number of hydrogen-bond acceptors (Lipinski definition) is 2. The van der Waals surface area contributed by atoms with Crippen molar-refractivity contribution in [1.29, 1.82) is 0 Å². The van der Waals surface area contributed by atoms with Gasteiger partial charge < -0.3 is 4.57 Å². The highest BCUT2D eigenvalue weighted by atomic mass is 15.1.